The first-order chi connectivity index (χ1) is 10.9. The molecule has 120 valence electrons. The van der Waals surface area contributed by atoms with Crippen LogP contribution in [0, 0.1) is 13.8 Å². The molecule has 1 amide bonds. The number of benzene rings is 2. The number of esters is 1. The third-order valence-electron chi connectivity index (χ3n) is 3.54. The van der Waals surface area contributed by atoms with Gasteiger partial charge in [-0.05, 0) is 50.1 Å². The largest absolute Gasteiger partial charge is 0.449 e. The van der Waals surface area contributed by atoms with Gasteiger partial charge in [-0.3, -0.25) is 4.79 Å². The highest BCUT2D eigenvalue weighted by molar-refractivity contribution is 6.31. The highest BCUT2D eigenvalue weighted by Crippen LogP contribution is 2.23. The Morgan fingerprint density at radius 1 is 1.09 bits per heavy atom. The first kappa shape index (κ1) is 17.0. The lowest BCUT2D eigenvalue weighted by Crippen LogP contribution is -2.30. The number of rotatable bonds is 4. The Bertz CT molecular complexity index is 743. The quantitative estimate of drug-likeness (QED) is 0.857. The van der Waals surface area contributed by atoms with Gasteiger partial charge in [-0.25, -0.2) is 4.79 Å². The zero-order valence-electron chi connectivity index (χ0n) is 13.2. The summed E-state index contributed by atoms with van der Waals surface area (Å²) in [5.41, 5.74) is 2.61. The minimum absolute atomic E-state index is 0.405. The summed E-state index contributed by atoms with van der Waals surface area (Å²) >= 11 is 6.02. The summed E-state index contributed by atoms with van der Waals surface area (Å²) in [7, 11) is 0. The van der Waals surface area contributed by atoms with Crippen molar-refractivity contribution in [1.82, 2.24) is 0 Å². The molecule has 2 rings (SSSR count). The second kappa shape index (κ2) is 7.29. The molecule has 0 saturated carbocycles. The predicted octanol–water partition coefficient (Wildman–Crippen LogP) is 4.14. The second-order valence-electron chi connectivity index (χ2n) is 5.26. The lowest BCUT2D eigenvalue weighted by Gasteiger charge is -2.15. The molecule has 1 N–H and O–H groups in total. The maximum atomic E-state index is 12.2. The topological polar surface area (TPSA) is 55.4 Å². The summed E-state index contributed by atoms with van der Waals surface area (Å²) in [5.74, 6) is -0.925. The van der Waals surface area contributed by atoms with Crippen LogP contribution in [0.3, 0.4) is 0 Å². The molecule has 2 aromatic rings. The van der Waals surface area contributed by atoms with Crippen LogP contribution in [0.5, 0.6) is 0 Å². The van der Waals surface area contributed by atoms with Crippen LogP contribution in [-0.4, -0.2) is 18.0 Å². The van der Waals surface area contributed by atoms with Crippen LogP contribution >= 0.6 is 11.6 Å². The van der Waals surface area contributed by atoms with Gasteiger partial charge in [0, 0.05) is 10.7 Å². The van der Waals surface area contributed by atoms with Crippen LogP contribution in [0.2, 0.25) is 5.02 Å². The monoisotopic (exact) mass is 331 g/mol. The van der Waals surface area contributed by atoms with E-state index in [0.29, 0.717) is 16.3 Å². The molecule has 2 aromatic carbocycles. The molecule has 0 spiro atoms. The first-order valence-corrected chi connectivity index (χ1v) is 7.60. The molecule has 0 fully saturated rings. The van der Waals surface area contributed by atoms with Crippen molar-refractivity contribution in [1.29, 1.82) is 0 Å². The van der Waals surface area contributed by atoms with Crippen molar-refractivity contribution < 1.29 is 14.3 Å². The van der Waals surface area contributed by atoms with Crippen LogP contribution in [0.4, 0.5) is 5.69 Å². The molecule has 0 unspecified atom stereocenters. The number of carbonyl (C=O) groups is 2. The van der Waals surface area contributed by atoms with Crippen LogP contribution in [-0.2, 0) is 9.53 Å². The van der Waals surface area contributed by atoms with Crippen molar-refractivity contribution in [2.24, 2.45) is 0 Å². The highest BCUT2D eigenvalue weighted by atomic mass is 35.5. The van der Waals surface area contributed by atoms with E-state index >= 15 is 0 Å². The minimum atomic E-state index is -0.916. The Kier molecular flexibility index (Phi) is 5.40. The summed E-state index contributed by atoms with van der Waals surface area (Å²) in [6.45, 7) is 5.16. The van der Waals surface area contributed by atoms with E-state index in [2.05, 4.69) is 5.32 Å². The number of nitrogens with one attached hydrogen (secondary N) is 1. The zero-order valence-corrected chi connectivity index (χ0v) is 14.0. The van der Waals surface area contributed by atoms with Crippen molar-refractivity contribution in [3.63, 3.8) is 0 Å². The average Bonchev–Trinajstić information content (AvgIpc) is 2.52. The number of aryl methyl sites for hydroxylation is 1. The number of halogens is 1. The highest BCUT2D eigenvalue weighted by Gasteiger charge is 2.20. The number of hydrogen-bond acceptors (Lipinski definition) is 3. The number of ether oxygens (including phenoxy) is 1. The maximum Gasteiger partial charge on any atom is 0.339 e. The fourth-order valence-corrected chi connectivity index (χ4v) is 2.23. The van der Waals surface area contributed by atoms with Gasteiger partial charge in [0.1, 0.15) is 0 Å². The fraction of sp³-hybridized carbons (Fsp3) is 0.222. The molecule has 4 nitrogen and oxygen atoms in total. The normalized spacial score (nSPS) is 11.7. The van der Waals surface area contributed by atoms with Crippen molar-refractivity contribution in [2.45, 2.75) is 26.9 Å². The van der Waals surface area contributed by atoms with Crippen molar-refractivity contribution in [3.05, 3.63) is 64.2 Å². The predicted molar refractivity (Wildman–Crippen MR) is 90.9 cm³/mol. The Morgan fingerprint density at radius 2 is 1.78 bits per heavy atom. The van der Waals surface area contributed by atoms with Gasteiger partial charge in [0.2, 0.25) is 0 Å². The molecular weight excluding hydrogens is 314 g/mol. The Balaban J connectivity index is 2.04. The lowest BCUT2D eigenvalue weighted by atomic mass is 10.1. The van der Waals surface area contributed by atoms with Gasteiger partial charge >= 0.3 is 5.97 Å². The summed E-state index contributed by atoms with van der Waals surface area (Å²) in [6, 6.07) is 12.3. The molecule has 0 heterocycles. The second-order valence-corrected chi connectivity index (χ2v) is 5.67. The van der Waals surface area contributed by atoms with E-state index in [1.807, 2.05) is 26.0 Å². The van der Waals surface area contributed by atoms with Crippen LogP contribution in [0.15, 0.2) is 42.5 Å². The molecule has 0 radical (unpaired) electrons. The Hall–Kier alpha value is -2.33. The number of anilines is 1. The van der Waals surface area contributed by atoms with E-state index in [9.17, 15) is 9.59 Å². The average molecular weight is 332 g/mol. The molecule has 23 heavy (non-hydrogen) atoms. The molecule has 0 bridgehead atoms. The van der Waals surface area contributed by atoms with Gasteiger partial charge < -0.3 is 10.1 Å². The van der Waals surface area contributed by atoms with Crippen LogP contribution in [0.25, 0.3) is 0 Å². The van der Waals surface area contributed by atoms with Gasteiger partial charge in [-0.15, -0.1) is 0 Å². The van der Waals surface area contributed by atoms with E-state index in [4.69, 9.17) is 16.3 Å². The number of hydrogen-bond donors (Lipinski definition) is 1. The van der Waals surface area contributed by atoms with Crippen molar-refractivity contribution in [3.8, 4) is 0 Å². The van der Waals surface area contributed by atoms with Crippen molar-refractivity contribution in [2.75, 3.05) is 5.32 Å². The third kappa shape index (κ3) is 4.11. The lowest BCUT2D eigenvalue weighted by molar-refractivity contribution is -0.123. The summed E-state index contributed by atoms with van der Waals surface area (Å²) in [5, 5.41) is 3.28. The molecule has 0 aliphatic carbocycles. The van der Waals surface area contributed by atoms with E-state index in [0.717, 1.165) is 11.1 Å². The van der Waals surface area contributed by atoms with Gasteiger partial charge in [-0.2, -0.15) is 0 Å². The molecule has 0 saturated heterocycles. The maximum absolute atomic E-state index is 12.2. The van der Waals surface area contributed by atoms with Gasteiger partial charge in [0.05, 0.1) is 5.56 Å². The Morgan fingerprint density at radius 3 is 2.48 bits per heavy atom. The standard InChI is InChI=1S/C18H18ClNO3/c1-11-7-4-5-8-14(11)18(22)23-13(3)17(21)20-16-10-6-9-15(19)12(16)2/h4-10,13H,1-3H3,(H,20,21)/t13-/m1/s1. The third-order valence-corrected chi connectivity index (χ3v) is 3.95. The fourth-order valence-electron chi connectivity index (χ4n) is 2.06. The summed E-state index contributed by atoms with van der Waals surface area (Å²) in [6.07, 6.45) is -0.916. The minimum Gasteiger partial charge on any atom is -0.449 e. The van der Waals surface area contributed by atoms with E-state index in [1.54, 1.807) is 30.3 Å². The van der Waals surface area contributed by atoms with Crippen molar-refractivity contribution >= 4 is 29.2 Å². The molecular formula is C18H18ClNO3. The summed E-state index contributed by atoms with van der Waals surface area (Å²) in [4.78, 5) is 24.3. The SMILES string of the molecule is Cc1ccccc1C(=O)O[C@H](C)C(=O)Nc1cccc(Cl)c1C. The number of carbonyl (C=O) groups excluding carboxylic acids is 2. The molecule has 5 heteroatoms. The first-order valence-electron chi connectivity index (χ1n) is 7.22. The van der Waals surface area contributed by atoms with Gasteiger partial charge in [-0.1, -0.05) is 35.9 Å². The van der Waals surface area contributed by atoms with E-state index < -0.39 is 18.0 Å². The van der Waals surface area contributed by atoms with E-state index in [-0.39, 0.29) is 0 Å². The van der Waals surface area contributed by atoms with Gasteiger partial charge in [0.15, 0.2) is 6.10 Å². The molecule has 0 aliphatic heterocycles. The molecule has 1 atom stereocenters. The summed E-state index contributed by atoms with van der Waals surface area (Å²) < 4.78 is 5.24. The van der Waals surface area contributed by atoms with Crippen LogP contribution in [0.1, 0.15) is 28.4 Å². The molecule has 0 aliphatic rings. The van der Waals surface area contributed by atoms with Gasteiger partial charge in [0.25, 0.3) is 5.91 Å². The van der Waals surface area contributed by atoms with Crippen LogP contribution < -0.4 is 5.32 Å². The molecule has 0 aromatic heterocycles. The Labute approximate surface area is 140 Å². The van der Waals surface area contributed by atoms with E-state index in [1.165, 1.54) is 6.92 Å². The smallest absolute Gasteiger partial charge is 0.339 e. The zero-order chi connectivity index (χ0) is 17.0. The number of amides is 1.